The molecule has 7 heteroatoms. The van der Waals surface area contributed by atoms with Crippen LogP contribution in [0.5, 0.6) is 0 Å². The van der Waals surface area contributed by atoms with Crippen LogP contribution in [0.4, 0.5) is 11.7 Å². The van der Waals surface area contributed by atoms with Crippen molar-refractivity contribution in [1.29, 1.82) is 0 Å². The fourth-order valence-electron chi connectivity index (χ4n) is 1.96. The van der Waals surface area contributed by atoms with Crippen molar-refractivity contribution in [2.24, 2.45) is 5.73 Å². The first-order valence-corrected chi connectivity index (χ1v) is 6.65. The molecule has 1 aromatic heterocycles. The topological polar surface area (TPSA) is 107 Å². The molecule has 0 aliphatic rings. The molecule has 0 radical (unpaired) electrons. The second-order valence-electron chi connectivity index (χ2n) is 4.65. The van der Waals surface area contributed by atoms with Crippen LogP contribution in [0.15, 0.2) is 22.6 Å². The Morgan fingerprint density at radius 1 is 1.55 bits per heavy atom. The summed E-state index contributed by atoms with van der Waals surface area (Å²) in [5.41, 5.74) is 6.67. The molecule has 0 spiro atoms. The molecule has 0 aliphatic heterocycles. The second kappa shape index (κ2) is 6.33. The van der Waals surface area contributed by atoms with E-state index in [2.05, 4.69) is 17.2 Å². The summed E-state index contributed by atoms with van der Waals surface area (Å²) >= 11 is 0. The highest BCUT2D eigenvalue weighted by molar-refractivity contribution is 5.77. The number of aromatic nitrogens is 1. The van der Waals surface area contributed by atoms with Gasteiger partial charge in [-0.15, -0.1) is 0 Å². The van der Waals surface area contributed by atoms with Crippen molar-refractivity contribution < 1.29 is 9.34 Å². The van der Waals surface area contributed by atoms with E-state index in [-0.39, 0.29) is 11.7 Å². The molecule has 0 aliphatic carbocycles. The molecule has 1 aromatic carbocycles. The summed E-state index contributed by atoms with van der Waals surface area (Å²) in [5.74, 6) is 0. The van der Waals surface area contributed by atoms with E-state index in [0.29, 0.717) is 23.7 Å². The number of benzene rings is 1. The van der Waals surface area contributed by atoms with Gasteiger partial charge in [0.1, 0.15) is 5.52 Å². The van der Waals surface area contributed by atoms with Gasteiger partial charge in [-0.05, 0) is 12.5 Å². The number of oxazole rings is 1. The molecule has 0 bridgehead atoms. The van der Waals surface area contributed by atoms with Gasteiger partial charge >= 0.3 is 0 Å². The predicted molar refractivity (Wildman–Crippen MR) is 76.7 cm³/mol. The van der Waals surface area contributed by atoms with Crippen molar-refractivity contribution in [2.45, 2.75) is 32.2 Å². The van der Waals surface area contributed by atoms with E-state index in [9.17, 15) is 10.1 Å². The Kier molecular flexibility index (Phi) is 4.52. The highest BCUT2D eigenvalue weighted by Crippen LogP contribution is 2.24. The number of non-ortho nitro benzene ring substituents is 1. The summed E-state index contributed by atoms with van der Waals surface area (Å²) in [6.45, 7) is 2.60. The number of hydrogen-bond donors (Lipinski definition) is 2. The van der Waals surface area contributed by atoms with Gasteiger partial charge in [-0.2, -0.15) is 4.98 Å². The summed E-state index contributed by atoms with van der Waals surface area (Å²) in [4.78, 5) is 14.5. The van der Waals surface area contributed by atoms with Crippen molar-refractivity contribution in [3.8, 4) is 0 Å². The number of nitrogens with zero attached hydrogens (tertiary/aromatic N) is 2. The number of fused-ring (bicyclic) bond motifs is 1. The van der Waals surface area contributed by atoms with Crippen molar-refractivity contribution in [2.75, 3.05) is 11.9 Å². The monoisotopic (exact) mass is 278 g/mol. The first-order valence-electron chi connectivity index (χ1n) is 6.65. The Bertz CT molecular complexity index is 596. The lowest BCUT2D eigenvalue weighted by molar-refractivity contribution is -0.384. The number of anilines is 1. The van der Waals surface area contributed by atoms with Gasteiger partial charge in [0.2, 0.25) is 0 Å². The maximum absolute atomic E-state index is 10.7. The normalized spacial score (nSPS) is 12.5. The number of nitrogens with two attached hydrogens (primary N) is 1. The Morgan fingerprint density at radius 3 is 3.00 bits per heavy atom. The Morgan fingerprint density at radius 2 is 2.35 bits per heavy atom. The lowest BCUT2D eigenvalue weighted by atomic mass is 10.1. The summed E-state index contributed by atoms with van der Waals surface area (Å²) in [6.07, 6.45) is 3.10. The number of nitro groups is 1. The van der Waals surface area contributed by atoms with Crippen LogP contribution in [0.3, 0.4) is 0 Å². The fourth-order valence-corrected chi connectivity index (χ4v) is 1.96. The van der Waals surface area contributed by atoms with Gasteiger partial charge in [-0.25, -0.2) is 0 Å². The molecule has 108 valence electrons. The molecule has 2 rings (SSSR count). The van der Waals surface area contributed by atoms with Crippen LogP contribution in [-0.4, -0.2) is 22.5 Å². The van der Waals surface area contributed by atoms with Gasteiger partial charge in [0.15, 0.2) is 5.58 Å². The molecular weight excluding hydrogens is 260 g/mol. The zero-order valence-electron chi connectivity index (χ0n) is 11.3. The van der Waals surface area contributed by atoms with E-state index >= 15 is 0 Å². The number of hydrogen-bond acceptors (Lipinski definition) is 6. The zero-order chi connectivity index (χ0) is 14.5. The maximum atomic E-state index is 10.7. The molecule has 0 amide bonds. The van der Waals surface area contributed by atoms with Crippen LogP contribution in [0.1, 0.15) is 26.2 Å². The minimum atomic E-state index is -0.459. The SMILES string of the molecule is CCCCC(CN)Nc1nc2ccc([N+](=O)[O-])cc2o1. The van der Waals surface area contributed by atoms with E-state index in [1.165, 1.54) is 12.1 Å². The molecule has 3 N–H and O–H groups in total. The van der Waals surface area contributed by atoms with Crippen LogP contribution in [0.2, 0.25) is 0 Å². The van der Waals surface area contributed by atoms with Crippen molar-refractivity contribution >= 4 is 22.8 Å². The van der Waals surface area contributed by atoms with Crippen LogP contribution in [-0.2, 0) is 0 Å². The van der Waals surface area contributed by atoms with Crippen LogP contribution >= 0.6 is 0 Å². The summed E-state index contributed by atoms with van der Waals surface area (Å²) < 4.78 is 5.49. The molecular formula is C13H18N4O3. The molecule has 0 saturated heterocycles. The molecule has 20 heavy (non-hydrogen) atoms. The average Bonchev–Trinajstić information content (AvgIpc) is 2.84. The largest absolute Gasteiger partial charge is 0.423 e. The third-order valence-electron chi connectivity index (χ3n) is 3.10. The van der Waals surface area contributed by atoms with Crippen LogP contribution < -0.4 is 11.1 Å². The Hall–Kier alpha value is -2.15. The Labute approximate surface area is 116 Å². The second-order valence-corrected chi connectivity index (χ2v) is 4.65. The maximum Gasteiger partial charge on any atom is 0.295 e. The first kappa shape index (κ1) is 14.3. The lowest BCUT2D eigenvalue weighted by Crippen LogP contribution is -2.28. The molecule has 1 atom stereocenters. The zero-order valence-corrected chi connectivity index (χ0v) is 11.3. The van der Waals surface area contributed by atoms with E-state index < -0.39 is 4.92 Å². The third kappa shape index (κ3) is 3.24. The Balaban J connectivity index is 2.16. The molecule has 0 fully saturated rings. The molecule has 7 nitrogen and oxygen atoms in total. The molecule has 0 saturated carbocycles. The summed E-state index contributed by atoms with van der Waals surface area (Å²) in [5, 5.41) is 13.8. The number of nitrogens with one attached hydrogen (secondary N) is 1. The van der Waals surface area contributed by atoms with Gasteiger partial charge in [0.25, 0.3) is 11.7 Å². The molecule has 2 aromatic rings. The van der Waals surface area contributed by atoms with Gasteiger partial charge in [0.05, 0.1) is 11.0 Å². The van der Waals surface area contributed by atoms with Gasteiger partial charge < -0.3 is 15.5 Å². The van der Waals surface area contributed by atoms with Gasteiger partial charge in [-0.1, -0.05) is 19.8 Å². The van der Waals surface area contributed by atoms with Crippen molar-refractivity contribution in [3.05, 3.63) is 28.3 Å². The minimum absolute atomic E-state index is 0.0124. The van der Waals surface area contributed by atoms with Crippen molar-refractivity contribution in [3.63, 3.8) is 0 Å². The van der Waals surface area contributed by atoms with Gasteiger partial charge in [0, 0.05) is 18.7 Å². The summed E-state index contributed by atoms with van der Waals surface area (Å²) in [6, 6.07) is 4.81. The van der Waals surface area contributed by atoms with E-state index in [4.69, 9.17) is 10.2 Å². The highest BCUT2D eigenvalue weighted by Gasteiger charge is 2.14. The first-order chi connectivity index (χ1) is 9.63. The highest BCUT2D eigenvalue weighted by atomic mass is 16.6. The van der Waals surface area contributed by atoms with Crippen LogP contribution in [0, 0.1) is 10.1 Å². The van der Waals surface area contributed by atoms with E-state index in [0.717, 1.165) is 19.3 Å². The van der Waals surface area contributed by atoms with E-state index in [1.807, 2.05) is 0 Å². The van der Waals surface area contributed by atoms with E-state index in [1.54, 1.807) is 6.07 Å². The average molecular weight is 278 g/mol. The molecule has 1 unspecified atom stereocenters. The summed E-state index contributed by atoms with van der Waals surface area (Å²) in [7, 11) is 0. The smallest absolute Gasteiger partial charge is 0.295 e. The predicted octanol–water partition coefficient (Wildman–Crippen LogP) is 2.67. The minimum Gasteiger partial charge on any atom is -0.423 e. The number of unbranched alkanes of at least 4 members (excludes halogenated alkanes) is 1. The van der Waals surface area contributed by atoms with Gasteiger partial charge in [-0.3, -0.25) is 10.1 Å². The fraction of sp³-hybridized carbons (Fsp3) is 0.462. The number of nitro benzene ring substituents is 1. The standard InChI is InChI=1S/C13H18N4O3/c1-2-3-4-9(8-14)15-13-16-11-6-5-10(17(18)19)7-12(11)20-13/h5-7,9H,2-4,8,14H2,1H3,(H,15,16). The number of rotatable bonds is 7. The van der Waals surface area contributed by atoms with Crippen LogP contribution in [0.25, 0.3) is 11.1 Å². The molecule has 1 heterocycles. The quantitative estimate of drug-likeness (QED) is 0.595. The lowest BCUT2D eigenvalue weighted by Gasteiger charge is -2.14. The van der Waals surface area contributed by atoms with Crippen molar-refractivity contribution in [1.82, 2.24) is 4.98 Å². The third-order valence-corrected chi connectivity index (χ3v) is 3.10.